The molecule has 0 bridgehead atoms. The van der Waals surface area contributed by atoms with Gasteiger partial charge in [-0.25, -0.2) is 0 Å². The predicted molar refractivity (Wildman–Crippen MR) is 62.1 cm³/mol. The van der Waals surface area contributed by atoms with Crippen LogP contribution in [0.4, 0.5) is 0 Å². The van der Waals surface area contributed by atoms with Gasteiger partial charge >= 0.3 is 0 Å². The number of hydrogen-bond acceptors (Lipinski definition) is 4. The SMILES string of the molecule is N#CN=CC=CC=Cc1ccc(O)cc1O. The Balaban J connectivity index is 2.67. The van der Waals surface area contributed by atoms with E-state index in [9.17, 15) is 5.11 Å². The van der Waals surface area contributed by atoms with Gasteiger partial charge in [0.2, 0.25) is 6.19 Å². The highest BCUT2D eigenvalue weighted by molar-refractivity contribution is 5.73. The zero-order chi connectivity index (χ0) is 11.8. The largest absolute Gasteiger partial charge is 0.508 e. The minimum Gasteiger partial charge on any atom is -0.508 e. The zero-order valence-electron chi connectivity index (χ0n) is 8.41. The van der Waals surface area contributed by atoms with Crippen molar-refractivity contribution in [1.82, 2.24) is 0 Å². The molecule has 4 heteroatoms. The van der Waals surface area contributed by atoms with E-state index in [0.29, 0.717) is 5.56 Å². The maximum atomic E-state index is 9.43. The molecule has 0 spiro atoms. The molecule has 80 valence electrons. The van der Waals surface area contributed by atoms with E-state index in [1.807, 2.05) is 0 Å². The van der Waals surface area contributed by atoms with E-state index in [0.717, 1.165) is 0 Å². The van der Waals surface area contributed by atoms with Gasteiger partial charge in [0.1, 0.15) is 11.5 Å². The van der Waals surface area contributed by atoms with Gasteiger partial charge in [-0.05, 0) is 18.2 Å². The summed E-state index contributed by atoms with van der Waals surface area (Å²) >= 11 is 0. The number of hydrogen-bond donors (Lipinski definition) is 2. The lowest BCUT2D eigenvalue weighted by Gasteiger charge is -1.98. The van der Waals surface area contributed by atoms with Gasteiger partial charge in [-0.15, -0.1) is 0 Å². The summed E-state index contributed by atoms with van der Waals surface area (Å²) in [6, 6.07) is 4.35. The molecule has 0 fully saturated rings. The summed E-state index contributed by atoms with van der Waals surface area (Å²) in [5.41, 5.74) is 0.597. The van der Waals surface area contributed by atoms with Crippen LogP contribution in [-0.4, -0.2) is 16.4 Å². The third kappa shape index (κ3) is 3.68. The van der Waals surface area contributed by atoms with Crippen molar-refractivity contribution in [1.29, 1.82) is 5.26 Å². The van der Waals surface area contributed by atoms with E-state index >= 15 is 0 Å². The Kier molecular flexibility index (Phi) is 4.35. The third-order valence-electron chi connectivity index (χ3n) is 1.73. The fourth-order valence-electron chi connectivity index (χ4n) is 1.02. The number of allylic oxidation sites excluding steroid dienone is 3. The Bertz CT molecular complexity index is 482. The fourth-order valence-corrected chi connectivity index (χ4v) is 1.02. The van der Waals surface area contributed by atoms with Crippen molar-refractivity contribution < 1.29 is 10.2 Å². The molecule has 0 radical (unpaired) electrons. The number of nitrogens with zero attached hydrogens (tertiary/aromatic N) is 2. The molecule has 0 saturated heterocycles. The summed E-state index contributed by atoms with van der Waals surface area (Å²) < 4.78 is 0. The molecule has 0 aliphatic heterocycles. The first-order valence-corrected chi connectivity index (χ1v) is 4.51. The second-order valence-electron chi connectivity index (χ2n) is 2.87. The molecular formula is C12H10N2O2. The Labute approximate surface area is 93.1 Å². The summed E-state index contributed by atoms with van der Waals surface area (Å²) in [4.78, 5) is 3.32. The third-order valence-corrected chi connectivity index (χ3v) is 1.73. The number of phenolic OH excluding ortho intramolecular Hbond substituents is 2. The molecule has 16 heavy (non-hydrogen) atoms. The number of phenols is 2. The average molecular weight is 214 g/mol. The van der Waals surface area contributed by atoms with E-state index in [1.165, 1.54) is 18.3 Å². The molecule has 4 nitrogen and oxygen atoms in total. The van der Waals surface area contributed by atoms with Gasteiger partial charge in [0.25, 0.3) is 0 Å². The van der Waals surface area contributed by atoms with Gasteiger partial charge in [0, 0.05) is 17.8 Å². The standard InChI is InChI=1S/C12H10N2O2/c13-9-14-7-3-1-2-4-10-5-6-11(15)8-12(10)16/h1-8,15-16H. The van der Waals surface area contributed by atoms with Gasteiger partial charge in [0.15, 0.2) is 0 Å². The number of aliphatic imine (C=N–C) groups is 1. The van der Waals surface area contributed by atoms with Crippen molar-refractivity contribution in [2.24, 2.45) is 4.99 Å². The van der Waals surface area contributed by atoms with Gasteiger partial charge in [-0.3, -0.25) is 0 Å². The molecule has 0 aliphatic rings. The van der Waals surface area contributed by atoms with Crippen LogP contribution < -0.4 is 0 Å². The van der Waals surface area contributed by atoms with Gasteiger partial charge in [-0.1, -0.05) is 18.2 Å². The molecule has 0 amide bonds. The van der Waals surface area contributed by atoms with Crippen LogP contribution in [0.25, 0.3) is 6.08 Å². The number of benzene rings is 1. The van der Waals surface area contributed by atoms with Crippen molar-refractivity contribution in [3.63, 3.8) is 0 Å². The van der Waals surface area contributed by atoms with Crippen LogP contribution >= 0.6 is 0 Å². The van der Waals surface area contributed by atoms with Crippen molar-refractivity contribution >= 4 is 12.3 Å². The second kappa shape index (κ2) is 6.04. The molecule has 0 heterocycles. The van der Waals surface area contributed by atoms with Crippen molar-refractivity contribution in [3.05, 3.63) is 42.0 Å². The van der Waals surface area contributed by atoms with E-state index in [1.54, 1.807) is 36.6 Å². The van der Waals surface area contributed by atoms with Crippen LogP contribution in [0, 0.1) is 11.5 Å². The minimum absolute atomic E-state index is 0.00958. The van der Waals surface area contributed by atoms with E-state index in [4.69, 9.17) is 10.4 Å². The monoisotopic (exact) mass is 214 g/mol. The first-order valence-electron chi connectivity index (χ1n) is 4.51. The van der Waals surface area contributed by atoms with Crippen LogP contribution in [-0.2, 0) is 0 Å². The molecule has 1 aromatic rings. The second-order valence-corrected chi connectivity index (χ2v) is 2.87. The van der Waals surface area contributed by atoms with Crippen LogP contribution in [0.5, 0.6) is 11.5 Å². The lowest BCUT2D eigenvalue weighted by Crippen LogP contribution is -1.73. The van der Waals surface area contributed by atoms with Gasteiger partial charge in [-0.2, -0.15) is 10.3 Å². The van der Waals surface area contributed by atoms with Crippen LogP contribution in [0.2, 0.25) is 0 Å². The topological polar surface area (TPSA) is 76.6 Å². The highest BCUT2D eigenvalue weighted by atomic mass is 16.3. The summed E-state index contributed by atoms with van der Waals surface area (Å²) in [5.74, 6) is 0.0293. The predicted octanol–water partition coefficient (Wildman–Crippen LogP) is 2.22. The summed E-state index contributed by atoms with van der Waals surface area (Å²) in [5, 5.41) is 26.6. The average Bonchev–Trinajstić information content (AvgIpc) is 2.26. The normalized spacial score (nSPS) is 11.4. The van der Waals surface area contributed by atoms with E-state index in [2.05, 4.69) is 4.99 Å². The van der Waals surface area contributed by atoms with Crippen LogP contribution in [0.15, 0.2) is 41.4 Å². The Morgan fingerprint density at radius 2 is 2.00 bits per heavy atom. The highest BCUT2D eigenvalue weighted by Crippen LogP contribution is 2.23. The molecular weight excluding hydrogens is 204 g/mol. The maximum absolute atomic E-state index is 9.43. The molecule has 0 unspecified atom stereocenters. The van der Waals surface area contributed by atoms with Crippen molar-refractivity contribution in [2.45, 2.75) is 0 Å². The molecule has 1 aromatic carbocycles. The van der Waals surface area contributed by atoms with Crippen LogP contribution in [0.3, 0.4) is 0 Å². The molecule has 1 rings (SSSR count). The molecule has 0 atom stereocenters. The lowest BCUT2D eigenvalue weighted by molar-refractivity contribution is 0.450. The van der Waals surface area contributed by atoms with Crippen LogP contribution in [0.1, 0.15) is 5.56 Å². The zero-order valence-corrected chi connectivity index (χ0v) is 8.41. The lowest BCUT2D eigenvalue weighted by atomic mass is 10.2. The summed E-state index contributed by atoms with van der Waals surface area (Å²) in [7, 11) is 0. The molecule has 0 aliphatic carbocycles. The van der Waals surface area contributed by atoms with E-state index < -0.39 is 0 Å². The summed E-state index contributed by atoms with van der Waals surface area (Å²) in [6.45, 7) is 0. The molecule has 0 saturated carbocycles. The van der Waals surface area contributed by atoms with Crippen molar-refractivity contribution in [3.8, 4) is 17.7 Å². The number of rotatable bonds is 3. The smallest absolute Gasteiger partial charge is 0.205 e. The Morgan fingerprint density at radius 1 is 1.19 bits per heavy atom. The first-order chi connectivity index (χ1) is 7.74. The highest BCUT2D eigenvalue weighted by Gasteiger charge is 1.96. The van der Waals surface area contributed by atoms with Crippen molar-refractivity contribution in [2.75, 3.05) is 0 Å². The maximum Gasteiger partial charge on any atom is 0.205 e. The Morgan fingerprint density at radius 3 is 2.69 bits per heavy atom. The van der Waals surface area contributed by atoms with E-state index in [-0.39, 0.29) is 11.5 Å². The minimum atomic E-state index is 0.00958. The Hall–Kier alpha value is -2.54. The number of aromatic hydroxyl groups is 2. The first kappa shape index (κ1) is 11.5. The van der Waals surface area contributed by atoms with Gasteiger partial charge < -0.3 is 10.2 Å². The fraction of sp³-hybridized carbons (Fsp3) is 0. The number of nitriles is 1. The van der Waals surface area contributed by atoms with Gasteiger partial charge in [0.05, 0.1) is 0 Å². The molecule has 2 N–H and O–H groups in total. The molecule has 0 aromatic heterocycles. The quantitative estimate of drug-likeness (QED) is 0.460. The summed E-state index contributed by atoms with van der Waals surface area (Å²) in [6.07, 6.45) is 9.61.